The molecule has 0 spiro atoms. The van der Waals surface area contributed by atoms with Gasteiger partial charge in [0.05, 0.1) is 11.8 Å². The third kappa shape index (κ3) is 4.76. The molecule has 0 aliphatic rings. The molecule has 3 heteroatoms. The van der Waals surface area contributed by atoms with Gasteiger partial charge in [-0.3, -0.25) is 4.98 Å². The third-order valence-electron chi connectivity index (χ3n) is 3.20. The van der Waals surface area contributed by atoms with Crippen molar-refractivity contribution in [1.82, 2.24) is 4.98 Å². The quantitative estimate of drug-likeness (QED) is 0.805. The fourth-order valence-corrected chi connectivity index (χ4v) is 2.57. The normalized spacial score (nSPS) is 14.6. The molecule has 96 valence electrons. The summed E-state index contributed by atoms with van der Waals surface area (Å²) in [4.78, 5) is 4.25. The molecule has 0 amide bonds. The number of hydrogen-bond donors (Lipinski definition) is 1. The van der Waals surface area contributed by atoms with E-state index in [1.54, 1.807) is 6.20 Å². The number of aliphatic hydroxyl groups excluding tert-OH is 1. The Balaban J connectivity index is 2.58. The molecule has 0 bridgehead atoms. The Bertz CT molecular complexity index is 330. The first-order chi connectivity index (χ1) is 8.19. The van der Waals surface area contributed by atoms with Crippen molar-refractivity contribution >= 4 is 15.9 Å². The van der Waals surface area contributed by atoms with Gasteiger partial charge in [-0.05, 0) is 40.4 Å². The SMILES string of the molecule is CCCCC(CC)CC(O)c1ncccc1Br. The summed E-state index contributed by atoms with van der Waals surface area (Å²) in [5, 5.41) is 10.2. The van der Waals surface area contributed by atoms with E-state index in [-0.39, 0.29) is 0 Å². The first kappa shape index (κ1) is 14.7. The van der Waals surface area contributed by atoms with Crippen LogP contribution in [0.4, 0.5) is 0 Å². The van der Waals surface area contributed by atoms with Crippen molar-refractivity contribution in [2.45, 2.75) is 52.1 Å². The van der Waals surface area contributed by atoms with E-state index in [0.29, 0.717) is 5.92 Å². The Kier molecular flexibility index (Phi) is 6.75. The van der Waals surface area contributed by atoms with Gasteiger partial charge in [0.15, 0.2) is 0 Å². The van der Waals surface area contributed by atoms with Gasteiger partial charge in [0, 0.05) is 10.7 Å². The number of hydrogen-bond acceptors (Lipinski definition) is 2. The van der Waals surface area contributed by atoms with Crippen molar-refractivity contribution in [3.63, 3.8) is 0 Å². The lowest BCUT2D eigenvalue weighted by molar-refractivity contribution is 0.134. The smallest absolute Gasteiger partial charge is 0.0973 e. The molecule has 1 rings (SSSR count). The second-order valence-electron chi connectivity index (χ2n) is 4.54. The number of rotatable bonds is 7. The first-order valence-corrected chi connectivity index (χ1v) is 7.26. The van der Waals surface area contributed by atoms with Gasteiger partial charge >= 0.3 is 0 Å². The number of aliphatic hydroxyl groups is 1. The molecular formula is C14H22BrNO. The van der Waals surface area contributed by atoms with Crippen molar-refractivity contribution < 1.29 is 5.11 Å². The number of unbranched alkanes of at least 4 members (excludes halogenated alkanes) is 1. The Morgan fingerprint density at radius 2 is 2.18 bits per heavy atom. The van der Waals surface area contributed by atoms with Gasteiger partial charge in [-0.2, -0.15) is 0 Å². The summed E-state index contributed by atoms with van der Waals surface area (Å²) < 4.78 is 0.901. The summed E-state index contributed by atoms with van der Waals surface area (Å²) in [7, 11) is 0. The summed E-state index contributed by atoms with van der Waals surface area (Å²) in [5.74, 6) is 0.596. The number of aromatic nitrogens is 1. The lowest BCUT2D eigenvalue weighted by Gasteiger charge is -2.19. The first-order valence-electron chi connectivity index (χ1n) is 6.47. The molecule has 0 aliphatic carbocycles. The summed E-state index contributed by atoms with van der Waals surface area (Å²) >= 11 is 3.44. The molecule has 2 unspecified atom stereocenters. The van der Waals surface area contributed by atoms with Crippen molar-refractivity contribution in [3.05, 3.63) is 28.5 Å². The molecule has 0 aliphatic heterocycles. The highest BCUT2D eigenvalue weighted by Crippen LogP contribution is 2.29. The highest BCUT2D eigenvalue weighted by Gasteiger charge is 2.17. The number of nitrogens with zero attached hydrogens (tertiary/aromatic N) is 1. The van der Waals surface area contributed by atoms with Crippen molar-refractivity contribution in [3.8, 4) is 0 Å². The Hall–Kier alpha value is -0.410. The molecule has 2 atom stereocenters. The zero-order valence-electron chi connectivity index (χ0n) is 10.7. The van der Waals surface area contributed by atoms with Crippen molar-refractivity contribution in [2.75, 3.05) is 0 Å². The molecule has 0 radical (unpaired) electrons. The summed E-state index contributed by atoms with van der Waals surface area (Å²) in [5.41, 5.74) is 0.766. The van der Waals surface area contributed by atoms with Crippen LogP contribution < -0.4 is 0 Å². The van der Waals surface area contributed by atoms with Gasteiger partial charge in [0.25, 0.3) is 0 Å². The minimum atomic E-state index is -0.451. The molecule has 1 aromatic heterocycles. The average Bonchev–Trinajstić information content (AvgIpc) is 2.34. The Morgan fingerprint density at radius 3 is 2.76 bits per heavy atom. The van der Waals surface area contributed by atoms with Crippen LogP contribution in [0.1, 0.15) is 57.7 Å². The molecule has 1 heterocycles. The predicted molar refractivity (Wildman–Crippen MR) is 74.8 cm³/mol. The standard InChI is InChI=1S/C14H22BrNO/c1-3-5-7-11(4-2)10-13(17)14-12(15)8-6-9-16-14/h6,8-9,11,13,17H,3-5,7,10H2,1-2H3. The van der Waals surface area contributed by atoms with Crippen LogP contribution in [0, 0.1) is 5.92 Å². The largest absolute Gasteiger partial charge is 0.387 e. The van der Waals surface area contributed by atoms with Gasteiger partial charge in [-0.15, -0.1) is 0 Å². The fraction of sp³-hybridized carbons (Fsp3) is 0.643. The molecule has 2 nitrogen and oxygen atoms in total. The molecule has 1 N–H and O–H groups in total. The second kappa shape index (κ2) is 7.83. The van der Waals surface area contributed by atoms with Gasteiger partial charge in [0.1, 0.15) is 0 Å². The maximum Gasteiger partial charge on any atom is 0.0973 e. The van der Waals surface area contributed by atoms with Gasteiger partial charge in [0.2, 0.25) is 0 Å². The molecule has 0 fully saturated rings. The maximum absolute atomic E-state index is 10.2. The minimum Gasteiger partial charge on any atom is -0.387 e. The lowest BCUT2D eigenvalue weighted by Crippen LogP contribution is -2.09. The average molecular weight is 300 g/mol. The topological polar surface area (TPSA) is 33.1 Å². The summed E-state index contributed by atoms with van der Waals surface area (Å²) in [6, 6.07) is 3.80. The van der Waals surface area contributed by atoms with Crippen LogP contribution in [0.5, 0.6) is 0 Å². The molecule has 0 saturated heterocycles. The second-order valence-corrected chi connectivity index (χ2v) is 5.39. The molecule has 0 aromatic carbocycles. The number of pyridine rings is 1. The van der Waals surface area contributed by atoms with E-state index in [9.17, 15) is 5.11 Å². The van der Waals surface area contributed by atoms with Gasteiger partial charge < -0.3 is 5.11 Å². The van der Waals surface area contributed by atoms with Crippen molar-refractivity contribution in [2.24, 2.45) is 5.92 Å². The summed E-state index contributed by atoms with van der Waals surface area (Å²) in [6.45, 7) is 4.40. The van der Waals surface area contributed by atoms with E-state index < -0.39 is 6.10 Å². The zero-order valence-corrected chi connectivity index (χ0v) is 12.3. The Labute approximate surface area is 113 Å². The highest BCUT2D eigenvalue weighted by molar-refractivity contribution is 9.10. The van der Waals surface area contributed by atoms with Crippen LogP contribution in [-0.2, 0) is 0 Å². The van der Waals surface area contributed by atoms with Crippen LogP contribution in [0.25, 0.3) is 0 Å². The van der Waals surface area contributed by atoms with E-state index in [0.717, 1.165) is 23.0 Å². The summed E-state index contributed by atoms with van der Waals surface area (Å²) in [6.07, 6.45) is 6.89. The molecule has 1 aromatic rings. The van der Waals surface area contributed by atoms with E-state index in [1.807, 2.05) is 12.1 Å². The van der Waals surface area contributed by atoms with Crippen LogP contribution in [0.2, 0.25) is 0 Å². The maximum atomic E-state index is 10.2. The number of halogens is 1. The monoisotopic (exact) mass is 299 g/mol. The lowest BCUT2D eigenvalue weighted by atomic mass is 9.92. The molecule has 17 heavy (non-hydrogen) atoms. The van der Waals surface area contributed by atoms with Crippen LogP contribution in [0.3, 0.4) is 0 Å². The van der Waals surface area contributed by atoms with Gasteiger partial charge in [-0.1, -0.05) is 39.5 Å². The Morgan fingerprint density at radius 1 is 1.41 bits per heavy atom. The van der Waals surface area contributed by atoms with Crippen molar-refractivity contribution in [1.29, 1.82) is 0 Å². The highest BCUT2D eigenvalue weighted by atomic mass is 79.9. The van der Waals surface area contributed by atoms with Crippen LogP contribution >= 0.6 is 15.9 Å². The fourth-order valence-electron chi connectivity index (χ4n) is 2.05. The van der Waals surface area contributed by atoms with E-state index >= 15 is 0 Å². The predicted octanol–water partition coefficient (Wildman–Crippen LogP) is 4.48. The zero-order chi connectivity index (χ0) is 12.7. The van der Waals surface area contributed by atoms with E-state index in [2.05, 4.69) is 34.8 Å². The molecular weight excluding hydrogens is 278 g/mol. The van der Waals surface area contributed by atoms with E-state index in [1.165, 1.54) is 19.3 Å². The minimum absolute atomic E-state index is 0.451. The van der Waals surface area contributed by atoms with E-state index in [4.69, 9.17) is 0 Å². The third-order valence-corrected chi connectivity index (χ3v) is 3.87. The molecule has 0 saturated carbocycles. The van der Waals surface area contributed by atoms with Gasteiger partial charge in [-0.25, -0.2) is 0 Å². The van der Waals surface area contributed by atoms with Crippen LogP contribution in [0.15, 0.2) is 22.8 Å². The van der Waals surface area contributed by atoms with Crippen LogP contribution in [-0.4, -0.2) is 10.1 Å².